The molecule has 1 saturated heterocycles. The van der Waals surface area contributed by atoms with Crippen molar-refractivity contribution in [3.8, 4) is 0 Å². The highest BCUT2D eigenvalue weighted by atomic mass is 16.5. The fourth-order valence-electron chi connectivity index (χ4n) is 4.84. The van der Waals surface area contributed by atoms with Gasteiger partial charge in [0.2, 0.25) is 0 Å². The summed E-state index contributed by atoms with van der Waals surface area (Å²) in [6.45, 7) is 4.64. The van der Waals surface area contributed by atoms with Crippen molar-refractivity contribution in [3.05, 3.63) is 42.0 Å². The van der Waals surface area contributed by atoms with Crippen LogP contribution >= 0.6 is 0 Å². The van der Waals surface area contributed by atoms with E-state index < -0.39 is 5.41 Å². The largest absolute Gasteiger partial charge is 0.465 e. The molecule has 0 spiro atoms. The molecule has 25 heavy (non-hydrogen) atoms. The molecule has 0 bridgehead atoms. The summed E-state index contributed by atoms with van der Waals surface area (Å²) in [5.41, 5.74) is 2.97. The Morgan fingerprint density at radius 3 is 2.76 bits per heavy atom. The Morgan fingerprint density at radius 2 is 2.00 bits per heavy atom. The van der Waals surface area contributed by atoms with Crippen molar-refractivity contribution in [3.63, 3.8) is 0 Å². The topological polar surface area (TPSA) is 58.6 Å². The average Bonchev–Trinajstić information content (AvgIpc) is 3.06. The standard InChI is InChI=1S/C21H27NO3/c1-14-10-16-13-25-20(24)21(16,11-14)12-15-6-8-17(9-7-15)22-18-4-2-3-5-19(18)23/h6-9,16,18-19,22-23H,1-5,10-13H2. The number of nitrogens with one attached hydrogen (secondary N) is 1. The molecule has 1 aliphatic heterocycles. The molecular formula is C21H27NO3. The maximum atomic E-state index is 12.4. The third kappa shape index (κ3) is 3.08. The number of aliphatic hydroxyl groups is 1. The number of allylic oxidation sites excluding steroid dienone is 1. The van der Waals surface area contributed by atoms with Crippen molar-refractivity contribution in [1.29, 1.82) is 0 Å². The van der Waals surface area contributed by atoms with Crippen molar-refractivity contribution in [2.75, 3.05) is 11.9 Å². The van der Waals surface area contributed by atoms with Gasteiger partial charge in [0.1, 0.15) is 0 Å². The molecule has 2 saturated carbocycles. The summed E-state index contributed by atoms with van der Waals surface area (Å²) >= 11 is 0. The van der Waals surface area contributed by atoms with Crippen LogP contribution in [0.2, 0.25) is 0 Å². The second kappa shape index (κ2) is 6.49. The van der Waals surface area contributed by atoms with Gasteiger partial charge in [0.25, 0.3) is 0 Å². The lowest BCUT2D eigenvalue weighted by Gasteiger charge is -2.29. The monoisotopic (exact) mass is 341 g/mol. The van der Waals surface area contributed by atoms with Crippen LogP contribution in [-0.4, -0.2) is 29.8 Å². The number of carbonyl (C=O) groups excluding carboxylic acids is 1. The normalized spacial score (nSPS) is 34.7. The number of hydrogen-bond donors (Lipinski definition) is 2. The fraction of sp³-hybridized carbons (Fsp3) is 0.571. The third-order valence-corrected chi connectivity index (χ3v) is 6.26. The highest BCUT2D eigenvalue weighted by Crippen LogP contribution is 2.52. The summed E-state index contributed by atoms with van der Waals surface area (Å²) < 4.78 is 5.36. The molecule has 4 heteroatoms. The number of benzene rings is 1. The Kier molecular flexibility index (Phi) is 4.32. The zero-order chi connectivity index (χ0) is 17.4. The SMILES string of the molecule is C=C1CC2COC(=O)C2(Cc2ccc(NC3CCCCC3O)cc2)C1. The number of aliphatic hydroxyl groups excluding tert-OH is 1. The van der Waals surface area contributed by atoms with Crippen LogP contribution in [0.3, 0.4) is 0 Å². The summed E-state index contributed by atoms with van der Waals surface area (Å²) in [7, 11) is 0. The van der Waals surface area contributed by atoms with Gasteiger partial charge in [-0.15, -0.1) is 0 Å². The molecule has 0 amide bonds. The van der Waals surface area contributed by atoms with Crippen LogP contribution in [0.1, 0.15) is 44.1 Å². The molecule has 4 atom stereocenters. The second-order valence-electron chi connectivity index (χ2n) is 8.06. The van der Waals surface area contributed by atoms with Gasteiger partial charge in [0.05, 0.1) is 24.2 Å². The molecule has 4 rings (SSSR count). The molecule has 1 aromatic carbocycles. The summed E-state index contributed by atoms with van der Waals surface area (Å²) in [6.07, 6.45) is 6.31. The molecule has 4 unspecified atom stereocenters. The maximum Gasteiger partial charge on any atom is 0.313 e. The van der Waals surface area contributed by atoms with E-state index in [2.05, 4.69) is 36.2 Å². The predicted octanol–water partition coefficient (Wildman–Crippen LogP) is 3.45. The molecule has 0 radical (unpaired) electrons. The van der Waals surface area contributed by atoms with E-state index in [4.69, 9.17) is 4.74 Å². The predicted molar refractivity (Wildman–Crippen MR) is 97.3 cm³/mol. The molecule has 1 heterocycles. The van der Waals surface area contributed by atoms with E-state index in [-0.39, 0.29) is 24.0 Å². The lowest BCUT2D eigenvalue weighted by atomic mass is 9.75. The molecule has 134 valence electrons. The zero-order valence-electron chi connectivity index (χ0n) is 14.7. The molecule has 3 fully saturated rings. The van der Waals surface area contributed by atoms with Crippen molar-refractivity contribution >= 4 is 11.7 Å². The summed E-state index contributed by atoms with van der Waals surface area (Å²) in [6, 6.07) is 8.45. The van der Waals surface area contributed by atoms with Crippen LogP contribution in [0.15, 0.2) is 36.4 Å². The molecule has 2 N–H and O–H groups in total. The van der Waals surface area contributed by atoms with Gasteiger partial charge in [-0.1, -0.05) is 37.1 Å². The van der Waals surface area contributed by atoms with Gasteiger partial charge in [-0.2, -0.15) is 0 Å². The number of ether oxygens (including phenoxy) is 1. The van der Waals surface area contributed by atoms with Gasteiger partial charge in [-0.05, 0) is 49.8 Å². The molecule has 1 aromatic rings. The average molecular weight is 341 g/mol. The Balaban J connectivity index is 1.45. The second-order valence-corrected chi connectivity index (χ2v) is 8.06. The molecule has 0 aromatic heterocycles. The number of rotatable bonds is 4. The van der Waals surface area contributed by atoms with Crippen LogP contribution < -0.4 is 5.32 Å². The molecule has 4 nitrogen and oxygen atoms in total. The number of anilines is 1. The first-order valence-corrected chi connectivity index (χ1v) is 9.44. The fourth-order valence-corrected chi connectivity index (χ4v) is 4.84. The van der Waals surface area contributed by atoms with E-state index in [0.29, 0.717) is 6.61 Å². The number of carbonyl (C=O) groups is 1. The summed E-state index contributed by atoms with van der Waals surface area (Å²) in [4.78, 5) is 12.4. The van der Waals surface area contributed by atoms with Crippen LogP contribution in [0.25, 0.3) is 0 Å². The Hall–Kier alpha value is -1.81. The van der Waals surface area contributed by atoms with E-state index in [0.717, 1.165) is 49.8 Å². The number of hydrogen-bond acceptors (Lipinski definition) is 4. The Labute approximate surface area is 149 Å². The zero-order valence-corrected chi connectivity index (χ0v) is 14.7. The van der Waals surface area contributed by atoms with Gasteiger partial charge >= 0.3 is 5.97 Å². The van der Waals surface area contributed by atoms with Gasteiger partial charge < -0.3 is 15.2 Å². The Bertz CT molecular complexity index is 668. The first-order valence-electron chi connectivity index (χ1n) is 9.44. The first kappa shape index (κ1) is 16.6. The molecule has 3 aliphatic rings. The van der Waals surface area contributed by atoms with Gasteiger partial charge in [0.15, 0.2) is 0 Å². The minimum Gasteiger partial charge on any atom is -0.465 e. The van der Waals surface area contributed by atoms with E-state index in [1.807, 2.05) is 0 Å². The third-order valence-electron chi connectivity index (χ3n) is 6.26. The summed E-state index contributed by atoms with van der Waals surface area (Å²) in [5.74, 6) is 0.228. The van der Waals surface area contributed by atoms with Crippen molar-refractivity contribution < 1.29 is 14.6 Å². The highest BCUT2D eigenvalue weighted by molar-refractivity contribution is 5.81. The minimum absolute atomic E-state index is 0.0521. The number of fused-ring (bicyclic) bond motifs is 1. The van der Waals surface area contributed by atoms with Gasteiger partial charge in [-0.25, -0.2) is 0 Å². The maximum absolute atomic E-state index is 12.4. The smallest absolute Gasteiger partial charge is 0.313 e. The molecular weight excluding hydrogens is 314 g/mol. The van der Waals surface area contributed by atoms with E-state index in [9.17, 15) is 9.90 Å². The number of esters is 1. The van der Waals surface area contributed by atoms with E-state index >= 15 is 0 Å². The lowest BCUT2D eigenvalue weighted by Crippen LogP contribution is -2.36. The van der Waals surface area contributed by atoms with Crippen LogP contribution in [0, 0.1) is 11.3 Å². The minimum atomic E-state index is -0.397. The first-order chi connectivity index (χ1) is 12.1. The summed E-state index contributed by atoms with van der Waals surface area (Å²) in [5, 5.41) is 13.6. The van der Waals surface area contributed by atoms with E-state index in [1.165, 1.54) is 12.0 Å². The van der Waals surface area contributed by atoms with Crippen molar-refractivity contribution in [1.82, 2.24) is 0 Å². The van der Waals surface area contributed by atoms with Crippen molar-refractivity contribution in [2.24, 2.45) is 11.3 Å². The highest BCUT2D eigenvalue weighted by Gasteiger charge is 2.55. The molecule has 2 aliphatic carbocycles. The van der Waals surface area contributed by atoms with Crippen LogP contribution in [-0.2, 0) is 16.0 Å². The van der Waals surface area contributed by atoms with Gasteiger partial charge in [0, 0.05) is 11.6 Å². The van der Waals surface area contributed by atoms with Crippen molar-refractivity contribution in [2.45, 2.75) is 57.1 Å². The van der Waals surface area contributed by atoms with Crippen LogP contribution in [0.5, 0.6) is 0 Å². The quantitative estimate of drug-likeness (QED) is 0.650. The van der Waals surface area contributed by atoms with E-state index in [1.54, 1.807) is 0 Å². The number of cyclic esters (lactones) is 1. The lowest BCUT2D eigenvalue weighted by molar-refractivity contribution is -0.146. The van der Waals surface area contributed by atoms with Gasteiger partial charge in [-0.3, -0.25) is 4.79 Å². The Morgan fingerprint density at radius 1 is 1.24 bits per heavy atom. The van der Waals surface area contributed by atoms with Crippen LogP contribution in [0.4, 0.5) is 5.69 Å².